The summed E-state index contributed by atoms with van der Waals surface area (Å²) in [7, 11) is 0. The Bertz CT molecular complexity index is 418. The maximum Gasteiger partial charge on any atom is -0.0198 e. The van der Waals surface area contributed by atoms with Gasteiger partial charge in [0.05, 0.1) is 0 Å². The molecule has 1 aliphatic carbocycles. The molecule has 92 valence electrons. The first-order valence-electron chi connectivity index (χ1n) is 6.73. The van der Waals surface area contributed by atoms with E-state index in [4.69, 9.17) is 0 Å². The van der Waals surface area contributed by atoms with Gasteiger partial charge in [-0.25, -0.2) is 0 Å². The standard InChI is InChI=1S/C17H24/c1-13-7-5-6-8-16(13)14-9-11-15(12-10-14)17(2,3)4/h5-9,15H,10-12H2,1-4H3. The Morgan fingerprint density at radius 2 is 1.82 bits per heavy atom. The molecule has 0 saturated heterocycles. The Labute approximate surface area is 106 Å². The van der Waals surface area contributed by atoms with Crippen molar-refractivity contribution in [3.05, 3.63) is 41.5 Å². The molecule has 0 bridgehead atoms. The summed E-state index contributed by atoms with van der Waals surface area (Å²) in [6, 6.07) is 8.75. The molecule has 0 radical (unpaired) electrons. The van der Waals surface area contributed by atoms with Crippen LogP contribution in [0.4, 0.5) is 0 Å². The molecule has 0 fully saturated rings. The summed E-state index contributed by atoms with van der Waals surface area (Å²) < 4.78 is 0. The zero-order valence-corrected chi connectivity index (χ0v) is 11.6. The van der Waals surface area contributed by atoms with E-state index in [1.54, 1.807) is 5.57 Å². The van der Waals surface area contributed by atoms with Crippen molar-refractivity contribution >= 4 is 5.57 Å². The van der Waals surface area contributed by atoms with Crippen LogP contribution < -0.4 is 0 Å². The highest BCUT2D eigenvalue weighted by Crippen LogP contribution is 2.39. The summed E-state index contributed by atoms with van der Waals surface area (Å²) >= 11 is 0. The molecule has 0 heteroatoms. The van der Waals surface area contributed by atoms with Gasteiger partial charge < -0.3 is 0 Å². The predicted octanol–water partition coefficient (Wildman–Crippen LogP) is 5.22. The van der Waals surface area contributed by atoms with Gasteiger partial charge in [0.15, 0.2) is 0 Å². The maximum atomic E-state index is 2.47. The highest BCUT2D eigenvalue weighted by atomic mass is 14.3. The minimum absolute atomic E-state index is 0.452. The lowest BCUT2D eigenvalue weighted by Gasteiger charge is -2.33. The fourth-order valence-corrected chi connectivity index (χ4v) is 2.80. The minimum atomic E-state index is 0.452. The maximum absolute atomic E-state index is 2.47. The van der Waals surface area contributed by atoms with Crippen LogP contribution in [0.1, 0.15) is 51.2 Å². The van der Waals surface area contributed by atoms with Gasteiger partial charge in [-0.05, 0) is 54.2 Å². The normalized spacial score (nSPS) is 21.2. The topological polar surface area (TPSA) is 0 Å². The first kappa shape index (κ1) is 12.4. The molecule has 2 rings (SSSR count). The van der Waals surface area contributed by atoms with Crippen LogP contribution in [0.5, 0.6) is 0 Å². The molecule has 0 saturated carbocycles. The molecule has 0 spiro atoms. The highest BCUT2D eigenvalue weighted by Gasteiger charge is 2.26. The summed E-state index contributed by atoms with van der Waals surface area (Å²) in [4.78, 5) is 0. The zero-order chi connectivity index (χ0) is 12.5. The molecule has 0 aliphatic heterocycles. The molecule has 17 heavy (non-hydrogen) atoms. The minimum Gasteiger partial charge on any atom is -0.0804 e. The van der Waals surface area contributed by atoms with Gasteiger partial charge >= 0.3 is 0 Å². The molecular weight excluding hydrogens is 204 g/mol. The van der Waals surface area contributed by atoms with Crippen LogP contribution in [0.2, 0.25) is 0 Å². The molecule has 0 nitrogen and oxygen atoms in total. The summed E-state index contributed by atoms with van der Waals surface area (Å²) in [5.41, 5.74) is 4.88. The molecule has 1 unspecified atom stereocenters. The predicted molar refractivity (Wildman–Crippen MR) is 76.0 cm³/mol. The molecule has 0 N–H and O–H groups in total. The second kappa shape index (κ2) is 4.68. The van der Waals surface area contributed by atoms with Crippen LogP contribution in [0.25, 0.3) is 5.57 Å². The van der Waals surface area contributed by atoms with Gasteiger partial charge in [0.25, 0.3) is 0 Å². The first-order valence-corrected chi connectivity index (χ1v) is 6.73. The number of allylic oxidation sites excluding steroid dienone is 2. The Kier molecular flexibility index (Phi) is 3.42. The van der Waals surface area contributed by atoms with E-state index in [0.29, 0.717) is 5.41 Å². The van der Waals surface area contributed by atoms with Crippen molar-refractivity contribution in [2.75, 3.05) is 0 Å². The third-order valence-electron chi connectivity index (χ3n) is 4.13. The zero-order valence-electron chi connectivity index (χ0n) is 11.6. The number of hydrogen-bond acceptors (Lipinski definition) is 0. The average molecular weight is 228 g/mol. The van der Waals surface area contributed by atoms with E-state index in [2.05, 4.69) is 58.0 Å². The van der Waals surface area contributed by atoms with Gasteiger partial charge in [-0.2, -0.15) is 0 Å². The summed E-state index contributed by atoms with van der Waals surface area (Å²) in [6.45, 7) is 9.31. The van der Waals surface area contributed by atoms with E-state index in [9.17, 15) is 0 Å². The van der Waals surface area contributed by atoms with Crippen LogP contribution in [-0.2, 0) is 0 Å². The van der Waals surface area contributed by atoms with Gasteiger partial charge in [0, 0.05) is 0 Å². The van der Waals surface area contributed by atoms with Crippen molar-refractivity contribution in [1.82, 2.24) is 0 Å². The van der Waals surface area contributed by atoms with E-state index in [1.807, 2.05) is 0 Å². The summed E-state index contributed by atoms with van der Waals surface area (Å²) in [5.74, 6) is 0.843. The SMILES string of the molecule is Cc1ccccc1C1=CCC(C(C)(C)C)CC1. The van der Waals surface area contributed by atoms with Gasteiger partial charge in [0.2, 0.25) is 0 Å². The molecule has 1 aliphatic rings. The quantitative estimate of drug-likeness (QED) is 0.618. The molecule has 1 aromatic rings. The number of hydrogen-bond donors (Lipinski definition) is 0. The monoisotopic (exact) mass is 228 g/mol. The number of benzene rings is 1. The van der Waals surface area contributed by atoms with Gasteiger partial charge in [-0.15, -0.1) is 0 Å². The second-order valence-corrected chi connectivity index (χ2v) is 6.38. The van der Waals surface area contributed by atoms with Crippen LogP contribution in [0.3, 0.4) is 0 Å². The van der Waals surface area contributed by atoms with E-state index in [0.717, 1.165) is 5.92 Å². The molecular formula is C17H24. The van der Waals surface area contributed by atoms with Crippen molar-refractivity contribution in [3.63, 3.8) is 0 Å². The fourth-order valence-electron chi connectivity index (χ4n) is 2.80. The van der Waals surface area contributed by atoms with E-state index in [-0.39, 0.29) is 0 Å². The van der Waals surface area contributed by atoms with Crippen LogP contribution >= 0.6 is 0 Å². The van der Waals surface area contributed by atoms with Crippen molar-refractivity contribution < 1.29 is 0 Å². The number of rotatable bonds is 1. The Balaban J connectivity index is 2.17. The molecule has 0 heterocycles. The third-order valence-corrected chi connectivity index (χ3v) is 4.13. The Morgan fingerprint density at radius 1 is 1.12 bits per heavy atom. The van der Waals surface area contributed by atoms with Crippen LogP contribution in [0, 0.1) is 18.3 Å². The molecule has 0 aromatic heterocycles. The van der Waals surface area contributed by atoms with E-state index < -0.39 is 0 Å². The van der Waals surface area contributed by atoms with Gasteiger partial charge in [0.1, 0.15) is 0 Å². The molecule has 1 aromatic carbocycles. The molecule has 1 atom stereocenters. The van der Waals surface area contributed by atoms with E-state index in [1.165, 1.54) is 30.4 Å². The molecule has 0 amide bonds. The Hall–Kier alpha value is -1.04. The lowest BCUT2D eigenvalue weighted by Crippen LogP contribution is -2.22. The van der Waals surface area contributed by atoms with E-state index >= 15 is 0 Å². The average Bonchev–Trinajstić information content (AvgIpc) is 2.29. The van der Waals surface area contributed by atoms with Crippen molar-refractivity contribution in [1.29, 1.82) is 0 Å². The lowest BCUT2D eigenvalue weighted by atomic mass is 9.72. The largest absolute Gasteiger partial charge is 0.0804 e. The smallest absolute Gasteiger partial charge is 0.0198 e. The van der Waals surface area contributed by atoms with Crippen molar-refractivity contribution in [3.8, 4) is 0 Å². The van der Waals surface area contributed by atoms with Gasteiger partial charge in [-0.1, -0.05) is 51.1 Å². The third kappa shape index (κ3) is 2.80. The second-order valence-electron chi connectivity index (χ2n) is 6.38. The van der Waals surface area contributed by atoms with Crippen LogP contribution in [-0.4, -0.2) is 0 Å². The number of aryl methyl sites for hydroxylation is 1. The van der Waals surface area contributed by atoms with Crippen LogP contribution in [0.15, 0.2) is 30.3 Å². The summed E-state index contributed by atoms with van der Waals surface area (Å²) in [6.07, 6.45) is 6.30. The van der Waals surface area contributed by atoms with Crippen molar-refractivity contribution in [2.24, 2.45) is 11.3 Å². The van der Waals surface area contributed by atoms with Crippen molar-refractivity contribution in [2.45, 2.75) is 47.0 Å². The first-order chi connectivity index (χ1) is 7.98. The Morgan fingerprint density at radius 3 is 2.35 bits per heavy atom. The highest BCUT2D eigenvalue weighted by molar-refractivity contribution is 5.68. The lowest BCUT2D eigenvalue weighted by molar-refractivity contribution is 0.225. The van der Waals surface area contributed by atoms with Gasteiger partial charge in [-0.3, -0.25) is 0 Å². The fraction of sp³-hybridized carbons (Fsp3) is 0.529. The summed E-state index contributed by atoms with van der Waals surface area (Å²) in [5, 5.41) is 0.